The van der Waals surface area contributed by atoms with Crippen LogP contribution in [0.4, 0.5) is 0 Å². The summed E-state index contributed by atoms with van der Waals surface area (Å²) >= 11 is 0. The van der Waals surface area contributed by atoms with Crippen LogP contribution < -0.4 is 5.32 Å². The molecule has 16 heavy (non-hydrogen) atoms. The number of hydrogen-bond donors (Lipinski definition) is 1. The lowest BCUT2D eigenvalue weighted by atomic mass is 10.1. The second-order valence-corrected chi connectivity index (χ2v) is 4.39. The van der Waals surface area contributed by atoms with E-state index in [2.05, 4.69) is 5.32 Å². The second-order valence-electron chi connectivity index (χ2n) is 4.39. The second kappa shape index (κ2) is 4.82. The Balaban J connectivity index is 2.05. The van der Waals surface area contributed by atoms with E-state index < -0.39 is 0 Å². The highest BCUT2D eigenvalue weighted by atomic mass is 16.5. The molecule has 5 heteroatoms. The maximum absolute atomic E-state index is 12.1. The van der Waals surface area contributed by atoms with Gasteiger partial charge < -0.3 is 15.0 Å². The average Bonchev–Trinajstić information content (AvgIpc) is 2.76. The van der Waals surface area contributed by atoms with Crippen molar-refractivity contribution in [2.75, 3.05) is 19.8 Å². The lowest BCUT2D eigenvalue weighted by Crippen LogP contribution is -2.60. The SMILES string of the molecule is CCCC1NC(=O)CN(C2CCOC2)C1=O. The Hall–Kier alpha value is -1.10. The quantitative estimate of drug-likeness (QED) is 0.731. The third-order valence-electron chi connectivity index (χ3n) is 3.15. The molecule has 2 aliphatic heterocycles. The zero-order valence-corrected chi connectivity index (χ0v) is 9.57. The maximum atomic E-state index is 12.1. The van der Waals surface area contributed by atoms with Crippen LogP contribution >= 0.6 is 0 Å². The van der Waals surface area contributed by atoms with Crippen molar-refractivity contribution >= 4 is 11.8 Å². The van der Waals surface area contributed by atoms with Gasteiger partial charge in [0.05, 0.1) is 19.2 Å². The molecule has 2 unspecified atom stereocenters. The highest BCUT2D eigenvalue weighted by Crippen LogP contribution is 2.17. The van der Waals surface area contributed by atoms with Crippen molar-refractivity contribution in [3.63, 3.8) is 0 Å². The summed E-state index contributed by atoms with van der Waals surface area (Å²) in [5.74, 6) is 0.00176. The van der Waals surface area contributed by atoms with Crippen LogP contribution in [0.15, 0.2) is 0 Å². The first kappa shape index (κ1) is 11.4. The number of rotatable bonds is 3. The fraction of sp³-hybridized carbons (Fsp3) is 0.818. The van der Waals surface area contributed by atoms with Gasteiger partial charge in [0, 0.05) is 6.61 Å². The van der Waals surface area contributed by atoms with Gasteiger partial charge in [0.2, 0.25) is 11.8 Å². The maximum Gasteiger partial charge on any atom is 0.245 e. The number of carbonyl (C=O) groups excluding carboxylic acids is 2. The Morgan fingerprint density at radius 3 is 2.94 bits per heavy atom. The lowest BCUT2D eigenvalue weighted by molar-refractivity contribution is -0.146. The van der Waals surface area contributed by atoms with E-state index in [1.807, 2.05) is 6.92 Å². The third kappa shape index (κ3) is 2.19. The summed E-state index contributed by atoms with van der Waals surface area (Å²) in [6.45, 7) is 3.45. The summed E-state index contributed by atoms with van der Waals surface area (Å²) in [6.07, 6.45) is 2.46. The van der Waals surface area contributed by atoms with E-state index in [1.165, 1.54) is 0 Å². The van der Waals surface area contributed by atoms with E-state index >= 15 is 0 Å². The number of amides is 2. The normalized spacial score (nSPS) is 30.7. The largest absolute Gasteiger partial charge is 0.379 e. The summed E-state index contributed by atoms with van der Waals surface area (Å²) in [4.78, 5) is 25.3. The van der Waals surface area contributed by atoms with Crippen molar-refractivity contribution in [2.24, 2.45) is 0 Å². The molecule has 0 saturated carbocycles. The summed E-state index contributed by atoms with van der Waals surface area (Å²) in [7, 11) is 0. The van der Waals surface area contributed by atoms with Crippen molar-refractivity contribution < 1.29 is 14.3 Å². The van der Waals surface area contributed by atoms with Gasteiger partial charge in [-0.1, -0.05) is 13.3 Å². The van der Waals surface area contributed by atoms with Crippen molar-refractivity contribution in [3.05, 3.63) is 0 Å². The molecule has 2 amide bonds. The van der Waals surface area contributed by atoms with E-state index in [-0.39, 0.29) is 30.4 Å². The molecule has 2 rings (SSSR count). The summed E-state index contributed by atoms with van der Waals surface area (Å²) in [5, 5.41) is 2.75. The minimum atomic E-state index is -0.327. The van der Waals surface area contributed by atoms with Crippen molar-refractivity contribution in [3.8, 4) is 0 Å². The topological polar surface area (TPSA) is 58.6 Å². The third-order valence-corrected chi connectivity index (χ3v) is 3.15. The van der Waals surface area contributed by atoms with E-state index in [1.54, 1.807) is 4.90 Å². The standard InChI is InChI=1S/C11H18N2O3/c1-2-3-9-11(15)13(6-10(14)12-9)8-4-5-16-7-8/h8-9H,2-7H2,1H3,(H,12,14). The van der Waals surface area contributed by atoms with E-state index in [9.17, 15) is 9.59 Å². The van der Waals surface area contributed by atoms with Crippen molar-refractivity contribution in [1.29, 1.82) is 0 Å². The zero-order valence-electron chi connectivity index (χ0n) is 9.57. The van der Waals surface area contributed by atoms with Gasteiger partial charge >= 0.3 is 0 Å². The van der Waals surface area contributed by atoms with Crippen LogP contribution in [0.3, 0.4) is 0 Å². The Kier molecular flexibility index (Phi) is 3.43. The van der Waals surface area contributed by atoms with Gasteiger partial charge in [0.25, 0.3) is 0 Å². The zero-order chi connectivity index (χ0) is 11.5. The molecule has 2 atom stereocenters. The van der Waals surface area contributed by atoms with Crippen molar-refractivity contribution in [2.45, 2.75) is 38.3 Å². The smallest absolute Gasteiger partial charge is 0.245 e. The molecule has 0 aromatic rings. The van der Waals surface area contributed by atoms with Gasteiger partial charge in [-0.25, -0.2) is 0 Å². The molecule has 2 aliphatic rings. The van der Waals surface area contributed by atoms with Crippen LogP contribution in [-0.2, 0) is 14.3 Å². The molecule has 5 nitrogen and oxygen atoms in total. The summed E-state index contributed by atoms with van der Waals surface area (Å²) in [6, 6.07) is -0.232. The molecule has 1 N–H and O–H groups in total. The van der Waals surface area contributed by atoms with Crippen molar-refractivity contribution in [1.82, 2.24) is 10.2 Å². The molecule has 90 valence electrons. The number of ether oxygens (including phenoxy) is 1. The van der Waals surface area contributed by atoms with Crippen LogP contribution in [0.25, 0.3) is 0 Å². The Bertz CT molecular complexity index is 287. The van der Waals surface area contributed by atoms with E-state index in [4.69, 9.17) is 4.74 Å². The molecular weight excluding hydrogens is 208 g/mol. The number of piperazine rings is 1. The van der Waals surface area contributed by atoms with Crippen LogP contribution in [0.5, 0.6) is 0 Å². The monoisotopic (exact) mass is 226 g/mol. The van der Waals surface area contributed by atoms with E-state index in [0.717, 1.165) is 12.8 Å². The predicted molar refractivity (Wildman–Crippen MR) is 57.8 cm³/mol. The van der Waals surface area contributed by atoms with Gasteiger partial charge in [0.1, 0.15) is 6.04 Å². The minimum Gasteiger partial charge on any atom is -0.379 e. The van der Waals surface area contributed by atoms with Gasteiger partial charge in [0.15, 0.2) is 0 Å². The summed E-state index contributed by atoms with van der Waals surface area (Å²) < 4.78 is 5.26. The molecule has 2 saturated heterocycles. The van der Waals surface area contributed by atoms with Gasteiger partial charge in [-0.3, -0.25) is 9.59 Å². The van der Waals surface area contributed by atoms with Crippen LogP contribution in [0.2, 0.25) is 0 Å². The number of nitrogens with one attached hydrogen (secondary N) is 1. The molecule has 0 spiro atoms. The highest BCUT2D eigenvalue weighted by molar-refractivity contribution is 5.95. The van der Waals surface area contributed by atoms with Crippen LogP contribution in [0, 0.1) is 0 Å². The predicted octanol–water partition coefficient (Wildman–Crippen LogP) is -0.0976. The van der Waals surface area contributed by atoms with E-state index in [0.29, 0.717) is 19.6 Å². The molecule has 0 aromatic heterocycles. The van der Waals surface area contributed by atoms with Gasteiger partial charge in [-0.05, 0) is 12.8 Å². The minimum absolute atomic E-state index is 0.0510. The molecule has 2 heterocycles. The summed E-state index contributed by atoms with van der Waals surface area (Å²) in [5.41, 5.74) is 0. The number of hydrogen-bond acceptors (Lipinski definition) is 3. The Labute approximate surface area is 95.1 Å². The van der Waals surface area contributed by atoms with Crippen LogP contribution in [-0.4, -0.2) is 48.6 Å². The van der Waals surface area contributed by atoms with Gasteiger partial charge in [-0.15, -0.1) is 0 Å². The molecular formula is C11H18N2O3. The first-order valence-corrected chi connectivity index (χ1v) is 5.90. The fourth-order valence-corrected chi connectivity index (χ4v) is 2.30. The Morgan fingerprint density at radius 1 is 1.50 bits per heavy atom. The molecule has 0 aliphatic carbocycles. The number of carbonyl (C=O) groups is 2. The average molecular weight is 226 g/mol. The Morgan fingerprint density at radius 2 is 2.31 bits per heavy atom. The highest BCUT2D eigenvalue weighted by Gasteiger charge is 2.37. The fourth-order valence-electron chi connectivity index (χ4n) is 2.30. The lowest BCUT2D eigenvalue weighted by Gasteiger charge is -2.35. The number of nitrogens with zero attached hydrogens (tertiary/aromatic N) is 1. The first-order chi connectivity index (χ1) is 7.72. The van der Waals surface area contributed by atoms with Gasteiger partial charge in [-0.2, -0.15) is 0 Å². The molecule has 0 bridgehead atoms. The molecule has 2 fully saturated rings. The molecule has 0 radical (unpaired) electrons. The van der Waals surface area contributed by atoms with Crippen LogP contribution in [0.1, 0.15) is 26.2 Å². The first-order valence-electron chi connectivity index (χ1n) is 5.90. The molecule has 0 aromatic carbocycles.